The average molecular weight is 433 g/mol. The second kappa shape index (κ2) is 11.7. The van der Waals surface area contributed by atoms with E-state index in [9.17, 15) is 13.2 Å². The highest BCUT2D eigenvalue weighted by Gasteiger charge is 2.23. The first-order chi connectivity index (χ1) is 14.4. The van der Waals surface area contributed by atoms with Gasteiger partial charge in [0.05, 0.1) is 11.5 Å². The molecule has 0 aliphatic rings. The van der Waals surface area contributed by atoms with Crippen LogP contribution in [0.2, 0.25) is 0 Å². The van der Waals surface area contributed by atoms with Crippen LogP contribution in [0.5, 0.6) is 5.75 Å². The molecule has 2 rings (SSSR count). The van der Waals surface area contributed by atoms with E-state index in [2.05, 4.69) is 5.32 Å². The Hall–Kier alpha value is -2.38. The summed E-state index contributed by atoms with van der Waals surface area (Å²) in [4.78, 5) is 12.7. The minimum Gasteiger partial charge on any atom is -0.494 e. The number of nitrogens with one attached hydrogen (secondary N) is 1. The van der Waals surface area contributed by atoms with Gasteiger partial charge in [0, 0.05) is 24.3 Å². The molecule has 0 bridgehead atoms. The molecule has 0 aliphatic carbocycles. The van der Waals surface area contributed by atoms with E-state index < -0.39 is 10.0 Å². The number of amides is 1. The number of unbranched alkanes of at least 4 members (excludes halogenated alkanes) is 2. The van der Waals surface area contributed by atoms with Crippen LogP contribution in [0.15, 0.2) is 53.4 Å². The minimum atomic E-state index is -3.55. The second-order valence-electron chi connectivity index (χ2n) is 7.05. The molecule has 0 aliphatic heterocycles. The molecule has 0 aromatic heterocycles. The van der Waals surface area contributed by atoms with E-state index in [1.165, 1.54) is 0 Å². The highest BCUT2D eigenvalue weighted by Crippen LogP contribution is 2.20. The normalized spacial score (nSPS) is 11.5. The molecule has 7 heteroatoms. The molecule has 6 nitrogen and oxygen atoms in total. The molecule has 2 aromatic carbocycles. The summed E-state index contributed by atoms with van der Waals surface area (Å²) >= 11 is 0. The van der Waals surface area contributed by atoms with Crippen molar-refractivity contribution in [1.82, 2.24) is 4.31 Å². The van der Waals surface area contributed by atoms with Gasteiger partial charge in [-0.05, 0) is 68.3 Å². The molecule has 0 fully saturated rings. The van der Waals surface area contributed by atoms with Gasteiger partial charge >= 0.3 is 0 Å². The minimum absolute atomic E-state index is 0.244. The number of benzene rings is 2. The number of ether oxygens (including phenoxy) is 1. The fourth-order valence-corrected chi connectivity index (χ4v) is 4.47. The zero-order valence-electron chi connectivity index (χ0n) is 18.1. The van der Waals surface area contributed by atoms with Crippen LogP contribution < -0.4 is 10.1 Å². The molecule has 0 saturated heterocycles. The summed E-state index contributed by atoms with van der Waals surface area (Å²) in [5.41, 5.74) is 1.04. The maximum absolute atomic E-state index is 13.0. The molecule has 0 spiro atoms. The van der Waals surface area contributed by atoms with Gasteiger partial charge in [-0.3, -0.25) is 4.79 Å². The standard InChI is InChI=1S/C23H32N2O4S/c1-4-7-17-25(18-8-5-2)30(27,28)22-15-11-20(12-16-22)24-23(26)19-9-13-21(14-10-19)29-6-3/h9-16H,4-8,17-18H2,1-3H3,(H,24,26). The molecule has 0 saturated carbocycles. The molecular weight excluding hydrogens is 400 g/mol. The summed E-state index contributed by atoms with van der Waals surface area (Å²) < 4.78 is 33.0. The lowest BCUT2D eigenvalue weighted by atomic mass is 10.2. The van der Waals surface area contributed by atoms with Gasteiger partial charge in [0.1, 0.15) is 5.75 Å². The van der Waals surface area contributed by atoms with E-state index >= 15 is 0 Å². The molecule has 0 radical (unpaired) electrons. The van der Waals surface area contributed by atoms with Crippen LogP contribution in [-0.4, -0.2) is 38.3 Å². The van der Waals surface area contributed by atoms with Gasteiger partial charge in [0.2, 0.25) is 10.0 Å². The van der Waals surface area contributed by atoms with Crippen LogP contribution in [0.25, 0.3) is 0 Å². The highest BCUT2D eigenvalue weighted by atomic mass is 32.2. The number of sulfonamides is 1. The lowest BCUT2D eigenvalue weighted by Crippen LogP contribution is -2.33. The molecule has 1 amide bonds. The first kappa shape index (κ1) is 23.9. The van der Waals surface area contributed by atoms with Gasteiger partial charge in [0.25, 0.3) is 5.91 Å². The van der Waals surface area contributed by atoms with E-state index in [0.717, 1.165) is 25.7 Å². The zero-order chi connectivity index (χ0) is 22.0. The quantitative estimate of drug-likeness (QED) is 0.516. The van der Waals surface area contributed by atoms with Gasteiger partial charge in [0.15, 0.2) is 0 Å². The largest absolute Gasteiger partial charge is 0.494 e. The van der Waals surface area contributed by atoms with Gasteiger partial charge in [-0.15, -0.1) is 0 Å². The van der Waals surface area contributed by atoms with Crippen LogP contribution in [0.4, 0.5) is 5.69 Å². The SMILES string of the molecule is CCCCN(CCCC)S(=O)(=O)c1ccc(NC(=O)c2ccc(OCC)cc2)cc1. The van der Waals surface area contributed by atoms with Crippen molar-refractivity contribution < 1.29 is 17.9 Å². The Morgan fingerprint density at radius 3 is 1.97 bits per heavy atom. The predicted octanol–water partition coefficient (Wildman–Crippen LogP) is 4.93. The lowest BCUT2D eigenvalue weighted by Gasteiger charge is -2.22. The Labute approximate surface area is 180 Å². The molecule has 1 N–H and O–H groups in total. The Kier molecular flexibility index (Phi) is 9.33. The number of carbonyl (C=O) groups excluding carboxylic acids is 1. The molecular formula is C23H32N2O4S. The van der Waals surface area contributed by atoms with E-state index in [1.54, 1.807) is 52.8 Å². The first-order valence-electron chi connectivity index (χ1n) is 10.6. The Balaban J connectivity index is 2.09. The summed E-state index contributed by atoms with van der Waals surface area (Å²) in [6.07, 6.45) is 3.54. The third kappa shape index (κ3) is 6.57. The average Bonchev–Trinajstić information content (AvgIpc) is 2.75. The van der Waals surface area contributed by atoms with Crippen LogP contribution >= 0.6 is 0 Å². The van der Waals surface area contributed by atoms with Crippen LogP contribution in [0.1, 0.15) is 56.8 Å². The highest BCUT2D eigenvalue weighted by molar-refractivity contribution is 7.89. The number of rotatable bonds is 12. The molecule has 0 atom stereocenters. The maximum Gasteiger partial charge on any atom is 0.255 e. The molecule has 164 valence electrons. The zero-order valence-corrected chi connectivity index (χ0v) is 18.9. The Morgan fingerprint density at radius 1 is 0.900 bits per heavy atom. The van der Waals surface area contributed by atoms with Crippen LogP contribution in [0, 0.1) is 0 Å². The third-order valence-corrected chi connectivity index (χ3v) is 6.61. The van der Waals surface area contributed by atoms with Crippen molar-refractivity contribution in [3.8, 4) is 5.75 Å². The van der Waals surface area contributed by atoms with Gasteiger partial charge in [-0.1, -0.05) is 26.7 Å². The van der Waals surface area contributed by atoms with E-state index in [1.807, 2.05) is 20.8 Å². The van der Waals surface area contributed by atoms with Crippen molar-refractivity contribution in [1.29, 1.82) is 0 Å². The Bertz CT molecular complexity index is 886. The van der Waals surface area contributed by atoms with E-state index in [-0.39, 0.29) is 10.8 Å². The summed E-state index contributed by atoms with van der Waals surface area (Å²) in [7, 11) is -3.55. The van der Waals surface area contributed by atoms with Crippen molar-refractivity contribution >= 4 is 21.6 Å². The smallest absolute Gasteiger partial charge is 0.255 e. The molecule has 0 heterocycles. The number of nitrogens with zero attached hydrogens (tertiary/aromatic N) is 1. The topological polar surface area (TPSA) is 75.7 Å². The van der Waals surface area contributed by atoms with E-state index in [4.69, 9.17) is 4.74 Å². The number of carbonyl (C=O) groups is 1. The van der Waals surface area contributed by atoms with Crippen molar-refractivity contribution in [2.24, 2.45) is 0 Å². The summed E-state index contributed by atoms with van der Waals surface area (Å²) in [6.45, 7) is 7.61. The Morgan fingerprint density at radius 2 is 1.47 bits per heavy atom. The van der Waals surface area contributed by atoms with Crippen molar-refractivity contribution in [3.05, 3.63) is 54.1 Å². The van der Waals surface area contributed by atoms with Crippen molar-refractivity contribution in [3.63, 3.8) is 0 Å². The van der Waals surface area contributed by atoms with Crippen molar-refractivity contribution in [2.45, 2.75) is 51.3 Å². The molecule has 2 aromatic rings. The number of anilines is 1. The van der Waals surface area contributed by atoms with Crippen molar-refractivity contribution in [2.75, 3.05) is 25.0 Å². The van der Waals surface area contributed by atoms with Crippen LogP contribution in [-0.2, 0) is 10.0 Å². The summed E-state index contributed by atoms with van der Waals surface area (Å²) in [5, 5.41) is 2.80. The molecule has 0 unspecified atom stereocenters. The molecule has 30 heavy (non-hydrogen) atoms. The van der Waals surface area contributed by atoms with Gasteiger partial charge in [-0.25, -0.2) is 8.42 Å². The van der Waals surface area contributed by atoms with Gasteiger partial charge in [-0.2, -0.15) is 4.31 Å². The lowest BCUT2D eigenvalue weighted by molar-refractivity contribution is 0.102. The third-order valence-electron chi connectivity index (χ3n) is 4.70. The predicted molar refractivity (Wildman–Crippen MR) is 121 cm³/mol. The summed E-state index contributed by atoms with van der Waals surface area (Å²) in [5.74, 6) is 0.445. The summed E-state index contributed by atoms with van der Waals surface area (Å²) in [6, 6.07) is 13.2. The monoisotopic (exact) mass is 432 g/mol. The second-order valence-corrected chi connectivity index (χ2v) is 8.99. The fraction of sp³-hybridized carbons (Fsp3) is 0.435. The van der Waals surface area contributed by atoms with Gasteiger partial charge < -0.3 is 10.1 Å². The fourth-order valence-electron chi connectivity index (χ4n) is 2.95. The van der Waals surface area contributed by atoms with Crippen LogP contribution in [0.3, 0.4) is 0 Å². The first-order valence-corrected chi connectivity index (χ1v) is 12.0. The number of hydrogen-bond acceptors (Lipinski definition) is 4. The van der Waals surface area contributed by atoms with E-state index in [0.29, 0.717) is 36.7 Å². The number of hydrogen-bond donors (Lipinski definition) is 1. The maximum atomic E-state index is 13.0.